The lowest BCUT2D eigenvalue weighted by Crippen LogP contribution is -2.47. The van der Waals surface area contributed by atoms with Gasteiger partial charge in [-0.2, -0.15) is 0 Å². The van der Waals surface area contributed by atoms with E-state index in [1.807, 2.05) is 38.1 Å². The first-order valence-electron chi connectivity index (χ1n) is 10.9. The number of likely N-dealkylation sites (N-methyl/N-ethyl adjacent to an activating group) is 1. The predicted molar refractivity (Wildman–Crippen MR) is 121 cm³/mol. The Bertz CT molecular complexity index is 981. The second-order valence-corrected chi connectivity index (χ2v) is 7.99. The number of carbonyl (C=O) groups is 4. The maximum atomic E-state index is 13.1. The lowest BCUT2D eigenvalue weighted by molar-refractivity contribution is -0.140. The molecule has 2 aromatic carbocycles. The van der Waals surface area contributed by atoms with E-state index in [0.717, 1.165) is 11.1 Å². The van der Waals surface area contributed by atoms with E-state index >= 15 is 0 Å². The van der Waals surface area contributed by atoms with Crippen molar-refractivity contribution in [2.75, 3.05) is 13.1 Å². The normalized spacial score (nSPS) is 13.7. The molecule has 0 spiro atoms. The van der Waals surface area contributed by atoms with Crippen LogP contribution >= 0.6 is 0 Å². The van der Waals surface area contributed by atoms with E-state index in [0.29, 0.717) is 30.6 Å². The van der Waals surface area contributed by atoms with Crippen LogP contribution in [0, 0.1) is 6.92 Å². The molecule has 0 fully saturated rings. The Balaban J connectivity index is 1.65. The Kier molecular flexibility index (Phi) is 7.41. The Morgan fingerprint density at radius 2 is 1.59 bits per heavy atom. The van der Waals surface area contributed by atoms with E-state index in [-0.39, 0.29) is 36.6 Å². The first-order chi connectivity index (χ1) is 15.3. The number of carbonyl (C=O) groups excluding carboxylic acids is 4. The molecule has 0 radical (unpaired) electrons. The van der Waals surface area contributed by atoms with Crippen molar-refractivity contribution in [3.63, 3.8) is 0 Å². The average Bonchev–Trinajstić information content (AvgIpc) is 3.03. The fraction of sp³-hybridized carbons (Fsp3) is 0.360. The molecule has 3 rings (SSSR count). The van der Waals surface area contributed by atoms with Gasteiger partial charge in [-0.3, -0.25) is 24.1 Å². The molecular formula is C25H29N3O4. The number of nitrogens with one attached hydrogen (secondary N) is 1. The molecule has 32 heavy (non-hydrogen) atoms. The Morgan fingerprint density at radius 3 is 2.16 bits per heavy atom. The summed E-state index contributed by atoms with van der Waals surface area (Å²) < 4.78 is 0. The molecule has 7 nitrogen and oxygen atoms in total. The fourth-order valence-electron chi connectivity index (χ4n) is 3.77. The Labute approximate surface area is 188 Å². The summed E-state index contributed by atoms with van der Waals surface area (Å²) in [5.74, 6) is -1.07. The van der Waals surface area contributed by atoms with Gasteiger partial charge in [0.1, 0.15) is 6.04 Å². The van der Waals surface area contributed by atoms with Gasteiger partial charge < -0.3 is 10.2 Å². The second-order valence-electron chi connectivity index (χ2n) is 7.99. The van der Waals surface area contributed by atoms with E-state index in [9.17, 15) is 19.2 Å². The van der Waals surface area contributed by atoms with Crippen LogP contribution in [0.25, 0.3) is 0 Å². The van der Waals surface area contributed by atoms with Crippen LogP contribution in [-0.4, -0.2) is 52.6 Å². The van der Waals surface area contributed by atoms with Crippen LogP contribution in [0.4, 0.5) is 0 Å². The van der Waals surface area contributed by atoms with Crippen molar-refractivity contribution in [3.8, 4) is 0 Å². The SMILES string of the molecule is CCNC(=O)C(C)N(Cc1ccc(C)cc1)C(=O)CCCN1C(=O)c2ccccc2C1=O. The third-order valence-corrected chi connectivity index (χ3v) is 5.64. The van der Waals surface area contributed by atoms with E-state index in [1.165, 1.54) is 4.90 Å². The topological polar surface area (TPSA) is 86.8 Å². The van der Waals surface area contributed by atoms with Gasteiger partial charge in [-0.1, -0.05) is 42.0 Å². The van der Waals surface area contributed by atoms with Gasteiger partial charge in [-0.05, 0) is 44.9 Å². The number of amides is 4. The Hall–Kier alpha value is -3.48. The zero-order chi connectivity index (χ0) is 23.3. The summed E-state index contributed by atoms with van der Waals surface area (Å²) in [4.78, 5) is 53.3. The molecule has 168 valence electrons. The van der Waals surface area contributed by atoms with Crippen molar-refractivity contribution in [2.45, 2.75) is 46.2 Å². The first-order valence-corrected chi connectivity index (χ1v) is 10.9. The molecule has 4 amide bonds. The van der Waals surface area contributed by atoms with Crippen molar-refractivity contribution >= 4 is 23.6 Å². The molecule has 0 saturated carbocycles. The van der Waals surface area contributed by atoms with E-state index < -0.39 is 6.04 Å². The van der Waals surface area contributed by atoms with Gasteiger partial charge in [0.25, 0.3) is 11.8 Å². The highest BCUT2D eigenvalue weighted by Gasteiger charge is 2.35. The van der Waals surface area contributed by atoms with Gasteiger partial charge in [0.05, 0.1) is 11.1 Å². The maximum absolute atomic E-state index is 13.1. The van der Waals surface area contributed by atoms with Crippen LogP contribution in [0.5, 0.6) is 0 Å². The van der Waals surface area contributed by atoms with Crippen LogP contribution in [0.15, 0.2) is 48.5 Å². The number of hydrogen-bond donors (Lipinski definition) is 1. The largest absolute Gasteiger partial charge is 0.355 e. The average molecular weight is 436 g/mol. The number of nitrogens with zero attached hydrogens (tertiary/aromatic N) is 2. The highest BCUT2D eigenvalue weighted by atomic mass is 16.2. The zero-order valence-corrected chi connectivity index (χ0v) is 18.8. The minimum absolute atomic E-state index is 0.128. The standard InChI is InChI=1S/C25H29N3O4/c1-4-26-23(30)18(3)28(16-19-13-11-17(2)12-14-19)22(29)10-7-15-27-24(31)20-8-5-6-9-21(20)25(27)32/h5-6,8-9,11-14,18H,4,7,10,15-16H2,1-3H3,(H,26,30). The number of rotatable bonds is 9. The zero-order valence-electron chi connectivity index (χ0n) is 18.8. The van der Waals surface area contributed by atoms with Crippen molar-refractivity contribution < 1.29 is 19.2 Å². The number of imide groups is 1. The second kappa shape index (κ2) is 10.2. The summed E-state index contributed by atoms with van der Waals surface area (Å²) in [7, 11) is 0. The number of hydrogen-bond acceptors (Lipinski definition) is 4. The summed E-state index contributed by atoms with van der Waals surface area (Å²) in [6.07, 6.45) is 0.458. The van der Waals surface area contributed by atoms with Crippen molar-refractivity contribution in [3.05, 3.63) is 70.8 Å². The third kappa shape index (κ3) is 5.04. The lowest BCUT2D eigenvalue weighted by Gasteiger charge is -2.29. The van der Waals surface area contributed by atoms with Crippen LogP contribution in [0.3, 0.4) is 0 Å². The monoisotopic (exact) mass is 435 g/mol. The summed E-state index contributed by atoms with van der Waals surface area (Å²) in [5.41, 5.74) is 2.84. The smallest absolute Gasteiger partial charge is 0.261 e. The molecule has 0 saturated heterocycles. The molecule has 7 heteroatoms. The molecule has 1 aliphatic rings. The number of fused-ring (bicyclic) bond motifs is 1. The predicted octanol–water partition coefficient (Wildman–Crippen LogP) is 2.92. The Morgan fingerprint density at radius 1 is 1.00 bits per heavy atom. The quantitative estimate of drug-likeness (QED) is 0.614. The molecule has 0 bridgehead atoms. The summed E-state index contributed by atoms with van der Waals surface area (Å²) >= 11 is 0. The summed E-state index contributed by atoms with van der Waals surface area (Å²) in [5, 5.41) is 2.77. The van der Waals surface area contributed by atoms with Crippen molar-refractivity contribution in [1.29, 1.82) is 0 Å². The number of aryl methyl sites for hydroxylation is 1. The van der Waals surface area contributed by atoms with Gasteiger partial charge >= 0.3 is 0 Å². The molecule has 1 atom stereocenters. The molecule has 2 aromatic rings. The summed E-state index contributed by atoms with van der Waals surface area (Å²) in [6.45, 7) is 6.48. The van der Waals surface area contributed by atoms with Gasteiger partial charge in [0.15, 0.2) is 0 Å². The highest BCUT2D eigenvalue weighted by Crippen LogP contribution is 2.23. The molecule has 1 heterocycles. The van der Waals surface area contributed by atoms with E-state index in [4.69, 9.17) is 0 Å². The third-order valence-electron chi connectivity index (χ3n) is 5.64. The van der Waals surface area contributed by atoms with Crippen molar-refractivity contribution in [1.82, 2.24) is 15.1 Å². The maximum Gasteiger partial charge on any atom is 0.261 e. The van der Waals surface area contributed by atoms with Gasteiger partial charge in [0, 0.05) is 26.1 Å². The molecule has 1 N–H and O–H groups in total. The molecule has 1 unspecified atom stereocenters. The van der Waals surface area contributed by atoms with E-state index in [1.54, 1.807) is 36.1 Å². The summed E-state index contributed by atoms with van der Waals surface area (Å²) in [6, 6.07) is 13.9. The van der Waals surface area contributed by atoms with Crippen LogP contribution in [0.2, 0.25) is 0 Å². The lowest BCUT2D eigenvalue weighted by atomic mass is 10.1. The highest BCUT2D eigenvalue weighted by molar-refractivity contribution is 6.21. The minimum Gasteiger partial charge on any atom is -0.355 e. The van der Waals surface area contributed by atoms with E-state index in [2.05, 4.69) is 5.32 Å². The van der Waals surface area contributed by atoms with Crippen LogP contribution < -0.4 is 5.32 Å². The molecule has 0 aromatic heterocycles. The van der Waals surface area contributed by atoms with Crippen LogP contribution in [0.1, 0.15) is 58.5 Å². The van der Waals surface area contributed by atoms with Gasteiger partial charge in [0.2, 0.25) is 11.8 Å². The molecular weight excluding hydrogens is 406 g/mol. The number of benzene rings is 2. The van der Waals surface area contributed by atoms with Crippen molar-refractivity contribution in [2.24, 2.45) is 0 Å². The first kappa shape index (κ1) is 23.2. The molecule has 0 aliphatic carbocycles. The van der Waals surface area contributed by atoms with Crippen LogP contribution in [-0.2, 0) is 16.1 Å². The van der Waals surface area contributed by atoms with Gasteiger partial charge in [-0.15, -0.1) is 0 Å². The van der Waals surface area contributed by atoms with Gasteiger partial charge in [-0.25, -0.2) is 0 Å². The fourth-order valence-corrected chi connectivity index (χ4v) is 3.77. The molecule has 1 aliphatic heterocycles. The minimum atomic E-state index is -0.636.